The largest absolute Gasteiger partial charge is 0.416 e. The van der Waals surface area contributed by atoms with Crippen molar-refractivity contribution in [3.8, 4) is 0 Å². The molecule has 0 radical (unpaired) electrons. The van der Waals surface area contributed by atoms with Gasteiger partial charge >= 0.3 is 6.18 Å². The van der Waals surface area contributed by atoms with Crippen LogP contribution in [0, 0.1) is 0 Å². The smallest absolute Gasteiger partial charge is 0.278 e. The molecular weight excluding hydrogens is 497 g/mol. The lowest BCUT2D eigenvalue weighted by Gasteiger charge is -2.31. The zero-order chi connectivity index (χ0) is 22.5. The topological polar surface area (TPSA) is 33.2 Å². The van der Waals surface area contributed by atoms with E-state index in [0.29, 0.717) is 19.9 Å². The Morgan fingerprint density at radius 1 is 1.03 bits per heavy atom. The zero-order valence-corrected chi connectivity index (χ0v) is 19.2. The number of anilines is 2. The van der Waals surface area contributed by atoms with Crippen molar-refractivity contribution in [3.63, 3.8) is 0 Å². The van der Waals surface area contributed by atoms with E-state index in [9.17, 15) is 18.0 Å². The fraction of sp³-hybridized carbons (Fsp3) is 0.0909. The second-order valence-corrected chi connectivity index (χ2v) is 10.6. The van der Waals surface area contributed by atoms with E-state index >= 15 is 0 Å². The fourth-order valence-corrected chi connectivity index (χ4v) is 6.43. The molecule has 0 saturated heterocycles. The summed E-state index contributed by atoms with van der Waals surface area (Å²) >= 11 is 10.1. The quantitative estimate of drug-likeness (QED) is 0.263. The summed E-state index contributed by atoms with van der Waals surface area (Å²) in [6.45, 7) is 0. The molecule has 0 saturated carbocycles. The molecule has 2 heterocycles. The number of halogens is 4. The summed E-state index contributed by atoms with van der Waals surface area (Å²) < 4.78 is 41.7. The van der Waals surface area contributed by atoms with Gasteiger partial charge in [-0.3, -0.25) is 9.69 Å². The van der Waals surface area contributed by atoms with Gasteiger partial charge in [0.2, 0.25) is 5.91 Å². The van der Waals surface area contributed by atoms with Gasteiger partial charge in [-0.1, -0.05) is 47.3 Å². The third kappa shape index (κ3) is 4.10. The predicted molar refractivity (Wildman–Crippen MR) is 125 cm³/mol. The first kappa shape index (κ1) is 21.6. The SMILES string of the molecule is O=C(CSc1nc2cc(Cl)ccc2s1)N1c2ccccc2Sc2ccc(C(F)(F)F)cc21. The van der Waals surface area contributed by atoms with E-state index < -0.39 is 11.7 Å². The number of carbonyl (C=O) groups excluding carboxylic acids is 1. The van der Waals surface area contributed by atoms with Crippen LogP contribution >= 0.6 is 46.5 Å². The van der Waals surface area contributed by atoms with Gasteiger partial charge in [0.15, 0.2) is 4.34 Å². The maximum Gasteiger partial charge on any atom is 0.416 e. The van der Waals surface area contributed by atoms with E-state index in [1.165, 1.54) is 45.8 Å². The average molecular weight is 509 g/mol. The molecule has 3 nitrogen and oxygen atoms in total. The number of nitrogens with zero attached hydrogens (tertiary/aromatic N) is 2. The second-order valence-electron chi connectivity index (χ2n) is 6.86. The van der Waals surface area contributed by atoms with E-state index in [4.69, 9.17) is 11.6 Å². The van der Waals surface area contributed by atoms with Crippen LogP contribution in [0.5, 0.6) is 0 Å². The Kier molecular flexibility index (Phi) is 5.61. The molecule has 162 valence electrons. The molecule has 1 amide bonds. The molecule has 0 aliphatic carbocycles. The number of hydrogen-bond donors (Lipinski definition) is 0. The van der Waals surface area contributed by atoms with Crippen LogP contribution < -0.4 is 4.90 Å². The monoisotopic (exact) mass is 508 g/mol. The summed E-state index contributed by atoms with van der Waals surface area (Å²) in [5, 5.41) is 0.579. The molecule has 3 aromatic carbocycles. The Balaban J connectivity index is 1.47. The van der Waals surface area contributed by atoms with E-state index in [-0.39, 0.29) is 17.3 Å². The van der Waals surface area contributed by atoms with Crippen molar-refractivity contribution in [2.24, 2.45) is 0 Å². The van der Waals surface area contributed by atoms with Crippen LogP contribution in [0.25, 0.3) is 10.2 Å². The second kappa shape index (κ2) is 8.30. The number of carbonyl (C=O) groups is 1. The molecule has 0 spiro atoms. The molecule has 0 fully saturated rings. The van der Waals surface area contributed by atoms with E-state index in [1.54, 1.807) is 24.3 Å². The van der Waals surface area contributed by atoms with Gasteiger partial charge < -0.3 is 0 Å². The summed E-state index contributed by atoms with van der Waals surface area (Å²) in [4.78, 5) is 20.6. The Morgan fingerprint density at radius 3 is 2.62 bits per heavy atom. The predicted octanol–water partition coefficient (Wildman–Crippen LogP) is 7.89. The Hall–Kier alpha value is -2.20. The minimum atomic E-state index is -4.50. The van der Waals surface area contributed by atoms with Crippen LogP contribution in [0.2, 0.25) is 5.02 Å². The first-order valence-electron chi connectivity index (χ1n) is 9.29. The lowest BCUT2D eigenvalue weighted by Crippen LogP contribution is -2.30. The number of para-hydroxylation sites is 1. The van der Waals surface area contributed by atoms with Crippen molar-refractivity contribution in [2.45, 2.75) is 20.3 Å². The molecule has 1 aromatic heterocycles. The lowest BCUT2D eigenvalue weighted by molar-refractivity contribution is -0.137. The molecule has 5 rings (SSSR count). The summed E-state index contributed by atoms with van der Waals surface area (Å²) in [6.07, 6.45) is -4.50. The van der Waals surface area contributed by atoms with Crippen LogP contribution in [0.15, 0.2) is 74.8 Å². The molecule has 0 N–H and O–H groups in total. The highest BCUT2D eigenvalue weighted by Gasteiger charge is 2.34. The minimum absolute atomic E-state index is 0.0300. The van der Waals surface area contributed by atoms with Crippen LogP contribution in [0.1, 0.15) is 5.56 Å². The first-order valence-corrected chi connectivity index (χ1v) is 12.3. The molecule has 4 aromatic rings. The maximum absolute atomic E-state index is 13.4. The fourth-order valence-electron chi connectivity index (χ4n) is 3.33. The molecule has 1 aliphatic rings. The number of alkyl halides is 3. The summed E-state index contributed by atoms with van der Waals surface area (Å²) in [7, 11) is 0. The highest BCUT2D eigenvalue weighted by molar-refractivity contribution is 8.01. The molecule has 0 atom stereocenters. The van der Waals surface area contributed by atoms with E-state index in [0.717, 1.165) is 27.2 Å². The minimum Gasteiger partial charge on any atom is -0.278 e. The van der Waals surface area contributed by atoms with Crippen molar-refractivity contribution in [3.05, 3.63) is 71.2 Å². The highest BCUT2D eigenvalue weighted by Crippen LogP contribution is 2.49. The third-order valence-electron chi connectivity index (χ3n) is 4.75. The number of benzene rings is 3. The van der Waals surface area contributed by atoms with Gasteiger partial charge in [-0.15, -0.1) is 11.3 Å². The van der Waals surface area contributed by atoms with Crippen molar-refractivity contribution < 1.29 is 18.0 Å². The lowest BCUT2D eigenvalue weighted by atomic mass is 10.1. The van der Waals surface area contributed by atoms with Crippen molar-refractivity contribution in [2.75, 3.05) is 10.7 Å². The Morgan fingerprint density at radius 2 is 1.81 bits per heavy atom. The van der Waals surface area contributed by atoms with Gasteiger partial charge in [-0.25, -0.2) is 4.98 Å². The summed E-state index contributed by atoms with van der Waals surface area (Å²) in [5.41, 5.74) is 0.776. The number of thioether (sulfide) groups is 1. The van der Waals surface area contributed by atoms with Crippen molar-refractivity contribution in [1.82, 2.24) is 4.98 Å². The van der Waals surface area contributed by atoms with Crippen molar-refractivity contribution in [1.29, 1.82) is 0 Å². The average Bonchev–Trinajstić information content (AvgIpc) is 3.16. The van der Waals surface area contributed by atoms with Gasteiger partial charge in [-0.2, -0.15) is 13.2 Å². The molecule has 1 aliphatic heterocycles. The third-order valence-corrected chi connectivity index (χ3v) is 8.28. The first-order chi connectivity index (χ1) is 15.3. The number of hydrogen-bond acceptors (Lipinski definition) is 5. The molecule has 0 bridgehead atoms. The molecule has 32 heavy (non-hydrogen) atoms. The van der Waals surface area contributed by atoms with Crippen LogP contribution in [-0.2, 0) is 11.0 Å². The Bertz CT molecular complexity index is 1360. The van der Waals surface area contributed by atoms with Gasteiger partial charge in [0, 0.05) is 14.8 Å². The van der Waals surface area contributed by atoms with Gasteiger partial charge in [0.25, 0.3) is 0 Å². The number of thiazole rings is 1. The summed E-state index contributed by atoms with van der Waals surface area (Å²) in [5.74, 6) is -0.289. The van der Waals surface area contributed by atoms with Gasteiger partial charge in [0.05, 0.1) is 32.9 Å². The van der Waals surface area contributed by atoms with Crippen LogP contribution in [0.3, 0.4) is 0 Å². The number of rotatable bonds is 3. The zero-order valence-electron chi connectivity index (χ0n) is 16.0. The van der Waals surface area contributed by atoms with Crippen molar-refractivity contribution >= 4 is 74.0 Å². The molecule has 0 unspecified atom stereocenters. The highest BCUT2D eigenvalue weighted by atomic mass is 35.5. The van der Waals surface area contributed by atoms with Gasteiger partial charge in [0.1, 0.15) is 0 Å². The Labute approximate surface area is 198 Å². The summed E-state index contributed by atoms with van der Waals surface area (Å²) in [6, 6.07) is 16.1. The number of fused-ring (bicyclic) bond motifs is 3. The van der Waals surface area contributed by atoms with E-state index in [2.05, 4.69) is 4.98 Å². The molecule has 10 heteroatoms. The van der Waals surface area contributed by atoms with Crippen LogP contribution in [0.4, 0.5) is 24.5 Å². The number of aromatic nitrogens is 1. The number of amides is 1. The maximum atomic E-state index is 13.4. The normalized spacial score (nSPS) is 13.2. The molecular formula is C22H12ClF3N2OS3. The van der Waals surface area contributed by atoms with Gasteiger partial charge in [-0.05, 0) is 48.5 Å². The standard InChI is InChI=1S/C22H12ClF3N2OS3/c23-13-6-8-17-14(10-13)27-21(32-17)30-11-20(29)28-15-3-1-2-4-18(15)31-19-7-5-12(9-16(19)28)22(24,25)26/h1-10H,11H2. The van der Waals surface area contributed by atoms with Crippen LogP contribution in [-0.4, -0.2) is 16.6 Å². The van der Waals surface area contributed by atoms with E-state index in [1.807, 2.05) is 18.2 Å².